The van der Waals surface area contributed by atoms with Gasteiger partial charge in [-0.15, -0.1) is 0 Å². The van der Waals surface area contributed by atoms with Crippen LogP contribution in [-0.4, -0.2) is 39.1 Å². The van der Waals surface area contributed by atoms with E-state index in [9.17, 15) is 4.79 Å². The molecule has 24 heavy (non-hydrogen) atoms. The molecule has 3 aliphatic carbocycles. The summed E-state index contributed by atoms with van der Waals surface area (Å²) in [6, 6.07) is 0. The van der Waals surface area contributed by atoms with Crippen LogP contribution in [0.1, 0.15) is 75.4 Å². The van der Waals surface area contributed by atoms with E-state index in [1.54, 1.807) is 0 Å². The van der Waals surface area contributed by atoms with Crippen molar-refractivity contribution in [2.24, 2.45) is 11.8 Å². The first-order valence-electron chi connectivity index (χ1n) is 9.61. The van der Waals surface area contributed by atoms with Crippen molar-refractivity contribution >= 4 is 5.91 Å². The summed E-state index contributed by atoms with van der Waals surface area (Å²) in [5.74, 6) is 4.60. The summed E-state index contributed by atoms with van der Waals surface area (Å²) in [6.07, 6.45) is 8.29. The zero-order valence-electron chi connectivity index (χ0n) is 14.4. The molecule has 1 aromatic rings. The van der Waals surface area contributed by atoms with Gasteiger partial charge in [0.25, 0.3) is 0 Å². The SMILES string of the molecule is CC1=C(C(=O)N2C[C@H](c3nc(C4CC4)n[nH]3)[C@@H](C3CC3)C2)CCC1. The number of carbonyl (C=O) groups is 1. The van der Waals surface area contributed by atoms with Gasteiger partial charge >= 0.3 is 0 Å². The van der Waals surface area contributed by atoms with E-state index in [2.05, 4.69) is 22.0 Å². The zero-order valence-corrected chi connectivity index (χ0v) is 14.4. The third-order valence-corrected chi connectivity index (χ3v) is 6.45. The standard InChI is InChI=1S/C19H26N4O/c1-11-3-2-4-14(11)19(24)23-9-15(12-5-6-12)16(10-23)18-20-17(21-22-18)13-7-8-13/h12-13,15-16H,2-10H2,1H3,(H,20,21,22)/t15-,16+/m1/s1. The largest absolute Gasteiger partial charge is 0.338 e. The summed E-state index contributed by atoms with van der Waals surface area (Å²) in [6.45, 7) is 3.85. The van der Waals surface area contributed by atoms with Gasteiger partial charge in [0.15, 0.2) is 5.82 Å². The van der Waals surface area contributed by atoms with Gasteiger partial charge in [0, 0.05) is 30.5 Å². The maximum atomic E-state index is 13.0. The van der Waals surface area contributed by atoms with Crippen molar-refractivity contribution in [1.29, 1.82) is 0 Å². The highest BCUT2D eigenvalue weighted by Gasteiger charge is 2.46. The molecular weight excluding hydrogens is 300 g/mol. The first-order valence-corrected chi connectivity index (χ1v) is 9.61. The molecule has 2 heterocycles. The first kappa shape index (κ1) is 14.7. The Morgan fingerprint density at radius 1 is 1.17 bits per heavy atom. The topological polar surface area (TPSA) is 61.9 Å². The lowest BCUT2D eigenvalue weighted by Gasteiger charge is -2.17. The number of H-pyrrole nitrogens is 1. The summed E-state index contributed by atoms with van der Waals surface area (Å²) >= 11 is 0. The van der Waals surface area contributed by atoms with E-state index in [1.807, 2.05) is 0 Å². The highest BCUT2D eigenvalue weighted by Crippen LogP contribution is 2.48. The Hall–Kier alpha value is -1.65. The molecule has 2 saturated carbocycles. The number of hydrogen-bond acceptors (Lipinski definition) is 3. The third kappa shape index (κ3) is 2.49. The Morgan fingerprint density at radius 2 is 2.00 bits per heavy atom. The molecule has 5 rings (SSSR count). The first-order chi connectivity index (χ1) is 11.7. The third-order valence-electron chi connectivity index (χ3n) is 6.45. The Balaban J connectivity index is 1.38. The van der Waals surface area contributed by atoms with Gasteiger partial charge in [-0.1, -0.05) is 5.57 Å². The molecule has 1 saturated heterocycles. The molecule has 4 aliphatic rings. The number of aromatic amines is 1. The predicted molar refractivity (Wildman–Crippen MR) is 90.4 cm³/mol. The molecule has 1 aliphatic heterocycles. The second-order valence-electron chi connectivity index (χ2n) is 8.28. The minimum Gasteiger partial charge on any atom is -0.338 e. The normalized spacial score (nSPS) is 30.5. The van der Waals surface area contributed by atoms with Gasteiger partial charge in [0.2, 0.25) is 5.91 Å². The molecule has 0 spiro atoms. The fourth-order valence-electron chi connectivity index (χ4n) is 4.64. The number of aromatic nitrogens is 3. The van der Waals surface area contributed by atoms with Crippen molar-refractivity contribution in [1.82, 2.24) is 20.1 Å². The van der Waals surface area contributed by atoms with E-state index in [4.69, 9.17) is 4.98 Å². The number of amides is 1. The molecule has 3 fully saturated rings. The highest BCUT2D eigenvalue weighted by molar-refractivity contribution is 5.94. The summed E-state index contributed by atoms with van der Waals surface area (Å²) < 4.78 is 0. The van der Waals surface area contributed by atoms with Crippen LogP contribution in [0.3, 0.4) is 0 Å². The maximum Gasteiger partial charge on any atom is 0.249 e. The van der Waals surface area contributed by atoms with E-state index in [-0.39, 0.29) is 0 Å². The van der Waals surface area contributed by atoms with Gasteiger partial charge in [0.1, 0.15) is 5.82 Å². The van der Waals surface area contributed by atoms with Crippen LogP contribution in [0.25, 0.3) is 0 Å². The smallest absolute Gasteiger partial charge is 0.249 e. The number of likely N-dealkylation sites (tertiary alicyclic amines) is 1. The van der Waals surface area contributed by atoms with Crippen LogP contribution in [0, 0.1) is 11.8 Å². The van der Waals surface area contributed by atoms with E-state index in [0.717, 1.165) is 55.5 Å². The quantitative estimate of drug-likeness (QED) is 0.924. The maximum absolute atomic E-state index is 13.0. The van der Waals surface area contributed by atoms with Crippen LogP contribution in [0.4, 0.5) is 0 Å². The fourth-order valence-corrected chi connectivity index (χ4v) is 4.64. The average molecular weight is 326 g/mol. The van der Waals surface area contributed by atoms with Crippen LogP contribution in [0.5, 0.6) is 0 Å². The van der Waals surface area contributed by atoms with E-state index in [1.165, 1.54) is 31.3 Å². The van der Waals surface area contributed by atoms with E-state index < -0.39 is 0 Å². The second-order valence-corrected chi connectivity index (χ2v) is 8.28. The minimum atomic E-state index is 0.292. The van der Waals surface area contributed by atoms with Gasteiger partial charge in [0.05, 0.1) is 0 Å². The van der Waals surface area contributed by atoms with Gasteiger partial charge in [-0.05, 0) is 63.7 Å². The van der Waals surface area contributed by atoms with Crippen molar-refractivity contribution in [3.63, 3.8) is 0 Å². The number of carbonyl (C=O) groups excluding carboxylic acids is 1. The summed E-state index contributed by atoms with van der Waals surface area (Å²) in [7, 11) is 0. The Labute approximate surface area is 142 Å². The number of nitrogens with one attached hydrogen (secondary N) is 1. The van der Waals surface area contributed by atoms with E-state index in [0.29, 0.717) is 23.7 Å². The van der Waals surface area contributed by atoms with Gasteiger partial charge in [-0.3, -0.25) is 9.89 Å². The van der Waals surface area contributed by atoms with Crippen molar-refractivity contribution in [3.05, 3.63) is 22.8 Å². The molecular formula is C19H26N4O. The van der Waals surface area contributed by atoms with Gasteiger partial charge in [-0.25, -0.2) is 4.98 Å². The molecule has 5 heteroatoms. The zero-order chi connectivity index (χ0) is 16.3. The van der Waals surface area contributed by atoms with Crippen molar-refractivity contribution in [2.45, 2.75) is 63.7 Å². The number of hydrogen-bond donors (Lipinski definition) is 1. The molecule has 2 atom stereocenters. The van der Waals surface area contributed by atoms with Crippen LogP contribution in [-0.2, 0) is 4.79 Å². The number of nitrogens with zero attached hydrogens (tertiary/aromatic N) is 3. The molecule has 0 aromatic carbocycles. The molecule has 0 unspecified atom stereocenters. The lowest BCUT2D eigenvalue weighted by Crippen LogP contribution is -2.30. The summed E-state index contributed by atoms with van der Waals surface area (Å²) in [5.41, 5.74) is 2.39. The Kier molecular flexibility index (Phi) is 3.32. The predicted octanol–water partition coefficient (Wildman–Crippen LogP) is 3.13. The van der Waals surface area contributed by atoms with Crippen molar-refractivity contribution in [2.75, 3.05) is 13.1 Å². The molecule has 0 radical (unpaired) electrons. The highest BCUT2D eigenvalue weighted by atomic mass is 16.2. The lowest BCUT2D eigenvalue weighted by molar-refractivity contribution is -0.126. The molecule has 5 nitrogen and oxygen atoms in total. The Bertz CT molecular complexity index is 698. The number of allylic oxidation sites excluding steroid dienone is 1. The van der Waals surface area contributed by atoms with Crippen LogP contribution in [0.15, 0.2) is 11.1 Å². The second kappa shape index (κ2) is 5.43. The van der Waals surface area contributed by atoms with Crippen LogP contribution < -0.4 is 0 Å². The minimum absolute atomic E-state index is 0.292. The van der Waals surface area contributed by atoms with Crippen molar-refractivity contribution < 1.29 is 4.79 Å². The molecule has 1 aromatic heterocycles. The van der Waals surface area contributed by atoms with Crippen LogP contribution >= 0.6 is 0 Å². The van der Waals surface area contributed by atoms with Gasteiger partial charge < -0.3 is 4.90 Å². The monoisotopic (exact) mass is 326 g/mol. The molecule has 1 amide bonds. The Morgan fingerprint density at radius 3 is 2.67 bits per heavy atom. The average Bonchev–Trinajstić information content (AvgIpc) is 3.48. The molecule has 1 N–H and O–H groups in total. The van der Waals surface area contributed by atoms with Gasteiger partial charge in [-0.2, -0.15) is 5.10 Å². The van der Waals surface area contributed by atoms with Crippen LogP contribution in [0.2, 0.25) is 0 Å². The molecule has 128 valence electrons. The number of rotatable bonds is 4. The summed E-state index contributed by atoms with van der Waals surface area (Å²) in [5, 5.41) is 7.66. The molecule has 0 bridgehead atoms. The van der Waals surface area contributed by atoms with Crippen molar-refractivity contribution in [3.8, 4) is 0 Å². The lowest BCUT2D eigenvalue weighted by atomic mass is 9.91. The summed E-state index contributed by atoms with van der Waals surface area (Å²) in [4.78, 5) is 19.9. The fraction of sp³-hybridized carbons (Fsp3) is 0.737. The van der Waals surface area contributed by atoms with E-state index >= 15 is 0 Å².